The Labute approximate surface area is 113 Å². The second-order valence-corrected chi connectivity index (χ2v) is 7.00. The molecule has 3 fully saturated rings. The van der Waals surface area contributed by atoms with E-state index in [0.29, 0.717) is 0 Å². The minimum absolute atomic E-state index is 1.10. The van der Waals surface area contributed by atoms with E-state index in [9.17, 15) is 0 Å². The van der Waals surface area contributed by atoms with Gasteiger partial charge in [0, 0.05) is 0 Å². The molecule has 102 valence electrons. The molecular weight excluding hydrogens is 216 g/mol. The fourth-order valence-electron chi connectivity index (χ4n) is 4.75. The molecule has 0 radical (unpaired) electrons. The summed E-state index contributed by atoms with van der Waals surface area (Å²) in [5.74, 6) is 2.20. The molecule has 0 aromatic heterocycles. The molecule has 0 atom stereocenters. The van der Waals surface area contributed by atoms with Crippen LogP contribution in [0, 0.1) is 11.8 Å². The molecule has 0 aromatic carbocycles. The van der Waals surface area contributed by atoms with Crippen molar-refractivity contribution in [1.29, 1.82) is 0 Å². The summed E-state index contributed by atoms with van der Waals surface area (Å²) < 4.78 is 0. The topological polar surface area (TPSA) is 0 Å². The predicted octanol–water partition coefficient (Wildman–Crippen LogP) is 6.02. The van der Waals surface area contributed by atoms with Crippen LogP contribution in [0.15, 0.2) is 11.1 Å². The molecule has 0 N–H and O–H groups in total. The smallest absolute Gasteiger partial charge is 0.0315 e. The monoisotopic (exact) mass is 246 g/mol. The third kappa shape index (κ3) is 3.00. The molecule has 0 heterocycles. The Balaban J connectivity index is 1.53. The Hall–Kier alpha value is -0.260. The Bertz CT molecular complexity index is 275. The van der Waals surface area contributed by atoms with Gasteiger partial charge in [0.25, 0.3) is 0 Å². The first-order valence-electron chi connectivity index (χ1n) is 8.63. The van der Waals surface area contributed by atoms with Crippen LogP contribution in [0.4, 0.5) is 0 Å². The van der Waals surface area contributed by atoms with Gasteiger partial charge >= 0.3 is 0 Å². The van der Waals surface area contributed by atoms with Gasteiger partial charge in [0.2, 0.25) is 0 Å². The van der Waals surface area contributed by atoms with Gasteiger partial charge in [-0.05, 0) is 63.2 Å². The van der Waals surface area contributed by atoms with Crippen molar-refractivity contribution >= 4 is 0 Å². The van der Waals surface area contributed by atoms with Crippen LogP contribution in [-0.4, -0.2) is 0 Å². The number of hydrogen-bond acceptors (Lipinski definition) is 0. The first kappa shape index (κ1) is 12.8. The van der Waals surface area contributed by atoms with Crippen LogP contribution in [-0.2, 0) is 0 Å². The van der Waals surface area contributed by atoms with Gasteiger partial charge in [-0.2, -0.15) is 0 Å². The van der Waals surface area contributed by atoms with Crippen LogP contribution in [0.5, 0.6) is 0 Å². The van der Waals surface area contributed by atoms with E-state index in [1.165, 1.54) is 77.0 Å². The standard InChI is InChI=1S/C18H30/c1-3-7-15(8-4-1)17-11-13-18(14-12-17)16-9-5-2-6-10-16/h15,17H,1-14H2. The van der Waals surface area contributed by atoms with E-state index in [0.717, 1.165) is 11.8 Å². The van der Waals surface area contributed by atoms with Gasteiger partial charge in [-0.1, -0.05) is 49.7 Å². The zero-order valence-corrected chi connectivity index (χ0v) is 12.1. The van der Waals surface area contributed by atoms with E-state index in [4.69, 9.17) is 0 Å². The summed E-state index contributed by atoms with van der Waals surface area (Å²) in [7, 11) is 0. The average molecular weight is 246 g/mol. The van der Waals surface area contributed by atoms with Crippen molar-refractivity contribution in [2.24, 2.45) is 11.8 Å². The summed E-state index contributed by atoms with van der Waals surface area (Å²) in [6.07, 6.45) is 21.0. The SMILES string of the molecule is C1CCC(=C2CCC(C3CCCCC3)CC2)CC1. The summed E-state index contributed by atoms with van der Waals surface area (Å²) in [6.45, 7) is 0. The van der Waals surface area contributed by atoms with Crippen LogP contribution in [0.2, 0.25) is 0 Å². The van der Waals surface area contributed by atoms with Crippen molar-refractivity contribution in [3.8, 4) is 0 Å². The van der Waals surface area contributed by atoms with E-state index in [1.807, 2.05) is 11.1 Å². The Morgan fingerprint density at radius 3 is 1.61 bits per heavy atom. The molecule has 0 aromatic rings. The lowest BCUT2D eigenvalue weighted by molar-refractivity contribution is 0.211. The number of hydrogen-bond donors (Lipinski definition) is 0. The van der Waals surface area contributed by atoms with Crippen LogP contribution in [0.1, 0.15) is 89.9 Å². The van der Waals surface area contributed by atoms with Gasteiger partial charge in [-0.25, -0.2) is 0 Å². The Kier molecular flexibility index (Phi) is 4.44. The molecule has 0 amide bonds. The van der Waals surface area contributed by atoms with E-state index in [2.05, 4.69) is 0 Å². The fraction of sp³-hybridized carbons (Fsp3) is 0.889. The molecular formula is C18H30. The highest BCUT2D eigenvalue weighted by atomic mass is 14.3. The quantitative estimate of drug-likeness (QED) is 0.496. The van der Waals surface area contributed by atoms with Crippen LogP contribution in [0.25, 0.3) is 0 Å². The van der Waals surface area contributed by atoms with Crippen LogP contribution >= 0.6 is 0 Å². The molecule has 0 bridgehead atoms. The van der Waals surface area contributed by atoms with Crippen molar-refractivity contribution in [3.63, 3.8) is 0 Å². The summed E-state index contributed by atoms with van der Waals surface area (Å²) in [5.41, 5.74) is 3.80. The first-order valence-corrected chi connectivity index (χ1v) is 8.63. The molecule has 0 saturated heterocycles. The van der Waals surface area contributed by atoms with E-state index in [1.54, 1.807) is 12.8 Å². The van der Waals surface area contributed by atoms with Gasteiger partial charge in [-0.3, -0.25) is 0 Å². The van der Waals surface area contributed by atoms with Gasteiger partial charge in [-0.15, -0.1) is 0 Å². The molecule has 3 saturated carbocycles. The minimum Gasteiger partial charge on any atom is -0.0710 e. The maximum Gasteiger partial charge on any atom is -0.0315 e. The number of rotatable bonds is 1. The van der Waals surface area contributed by atoms with Gasteiger partial charge in [0.05, 0.1) is 0 Å². The molecule has 0 unspecified atom stereocenters. The second-order valence-electron chi connectivity index (χ2n) is 7.00. The van der Waals surface area contributed by atoms with E-state index >= 15 is 0 Å². The zero-order chi connectivity index (χ0) is 12.2. The largest absolute Gasteiger partial charge is 0.0710 e. The van der Waals surface area contributed by atoms with Crippen molar-refractivity contribution in [1.82, 2.24) is 0 Å². The molecule has 0 nitrogen and oxygen atoms in total. The van der Waals surface area contributed by atoms with Crippen LogP contribution in [0.3, 0.4) is 0 Å². The third-order valence-electron chi connectivity index (χ3n) is 5.91. The third-order valence-corrected chi connectivity index (χ3v) is 5.91. The molecule has 3 aliphatic rings. The number of allylic oxidation sites excluding steroid dienone is 2. The molecule has 3 rings (SSSR count). The van der Waals surface area contributed by atoms with Gasteiger partial charge in [0.1, 0.15) is 0 Å². The van der Waals surface area contributed by atoms with Crippen molar-refractivity contribution in [3.05, 3.63) is 11.1 Å². The van der Waals surface area contributed by atoms with Crippen LogP contribution < -0.4 is 0 Å². The van der Waals surface area contributed by atoms with Crippen molar-refractivity contribution < 1.29 is 0 Å². The Morgan fingerprint density at radius 2 is 0.944 bits per heavy atom. The lowest BCUT2D eigenvalue weighted by Gasteiger charge is -2.35. The molecule has 18 heavy (non-hydrogen) atoms. The van der Waals surface area contributed by atoms with Crippen molar-refractivity contribution in [2.75, 3.05) is 0 Å². The summed E-state index contributed by atoms with van der Waals surface area (Å²) in [4.78, 5) is 0. The average Bonchev–Trinajstić information content (AvgIpc) is 2.49. The van der Waals surface area contributed by atoms with E-state index in [-0.39, 0.29) is 0 Å². The van der Waals surface area contributed by atoms with Gasteiger partial charge in [0.15, 0.2) is 0 Å². The minimum atomic E-state index is 1.10. The first-order chi connectivity index (χ1) is 8.93. The zero-order valence-electron chi connectivity index (χ0n) is 12.1. The molecule has 0 aliphatic heterocycles. The summed E-state index contributed by atoms with van der Waals surface area (Å²) >= 11 is 0. The maximum atomic E-state index is 1.90. The normalized spacial score (nSPS) is 31.7. The maximum absolute atomic E-state index is 1.90. The molecule has 3 aliphatic carbocycles. The summed E-state index contributed by atoms with van der Waals surface area (Å²) in [6, 6.07) is 0. The molecule has 0 spiro atoms. The van der Waals surface area contributed by atoms with Crippen molar-refractivity contribution in [2.45, 2.75) is 89.9 Å². The van der Waals surface area contributed by atoms with E-state index < -0.39 is 0 Å². The highest BCUT2D eigenvalue weighted by molar-refractivity contribution is 5.17. The fourth-order valence-corrected chi connectivity index (χ4v) is 4.75. The van der Waals surface area contributed by atoms with Gasteiger partial charge < -0.3 is 0 Å². The predicted molar refractivity (Wildman–Crippen MR) is 78.6 cm³/mol. The Morgan fingerprint density at radius 1 is 0.444 bits per heavy atom. The highest BCUT2D eigenvalue weighted by Gasteiger charge is 2.27. The molecule has 0 heteroatoms. The lowest BCUT2D eigenvalue weighted by Crippen LogP contribution is -2.21. The summed E-state index contributed by atoms with van der Waals surface area (Å²) in [5, 5.41) is 0. The second kappa shape index (κ2) is 6.26. The lowest BCUT2D eigenvalue weighted by atomic mass is 9.71. The highest BCUT2D eigenvalue weighted by Crippen LogP contribution is 2.41.